The van der Waals surface area contributed by atoms with Gasteiger partial charge in [0.25, 0.3) is 0 Å². The summed E-state index contributed by atoms with van der Waals surface area (Å²) in [4.78, 5) is 4.69. The molecule has 2 aromatic heterocycles. The van der Waals surface area contributed by atoms with Gasteiger partial charge in [-0.05, 0) is 26.0 Å². The lowest BCUT2D eigenvalue weighted by Crippen LogP contribution is -2.15. The van der Waals surface area contributed by atoms with Crippen molar-refractivity contribution in [1.82, 2.24) is 19.3 Å². The molecule has 1 unspecified atom stereocenters. The molecule has 2 heterocycles. The topological polar surface area (TPSA) is 61.7 Å². The molecule has 0 aliphatic carbocycles. The second-order valence-corrected chi connectivity index (χ2v) is 4.85. The van der Waals surface area contributed by atoms with Gasteiger partial charge in [-0.25, -0.2) is 9.67 Å². The number of nitrogen functional groups attached to an aromatic ring is 1. The standard InChI is InChI=1S/C14H17N5/c1-9-8-16-19(13(9)15)10(2)14-17-11-6-4-5-7-12(11)18(14)3/h4-8,10H,15H2,1-3H3. The van der Waals surface area contributed by atoms with Crippen molar-refractivity contribution in [2.45, 2.75) is 19.9 Å². The van der Waals surface area contributed by atoms with Gasteiger partial charge < -0.3 is 10.3 Å². The molecule has 3 aromatic rings. The van der Waals surface area contributed by atoms with E-state index in [2.05, 4.69) is 27.6 Å². The largest absolute Gasteiger partial charge is 0.384 e. The second-order valence-electron chi connectivity index (χ2n) is 4.85. The number of para-hydroxylation sites is 2. The predicted octanol–water partition coefficient (Wildman–Crippen LogP) is 2.27. The molecule has 19 heavy (non-hydrogen) atoms. The Bertz CT molecular complexity index is 737. The van der Waals surface area contributed by atoms with Gasteiger partial charge in [0.05, 0.1) is 17.2 Å². The average molecular weight is 255 g/mol. The quantitative estimate of drug-likeness (QED) is 0.764. The van der Waals surface area contributed by atoms with Crippen LogP contribution in [0.3, 0.4) is 0 Å². The summed E-state index contributed by atoms with van der Waals surface area (Å²) in [6, 6.07) is 8.10. The van der Waals surface area contributed by atoms with E-state index in [1.54, 1.807) is 6.20 Å². The number of nitrogens with two attached hydrogens (primary N) is 1. The van der Waals surface area contributed by atoms with Crippen LogP contribution in [0.25, 0.3) is 11.0 Å². The van der Waals surface area contributed by atoms with Crippen LogP contribution >= 0.6 is 0 Å². The Hall–Kier alpha value is -2.30. The Balaban J connectivity index is 2.14. The second kappa shape index (κ2) is 4.12. The molecule has 1 aromatic carbocycles. The van der Waals surface area contributed by atoms with Gasteiger partial charge >= 0.3 is 0 Å². The first-order valence-electron chi connectivity index (χ1n) is 6.30. The molecule has 0 radical (unpaired) electrons. The van der Waals surface area contributed by atoms with E-state index in [0.29, 0.717) is 5.82 Å². The molecule has 0 spiro atoms. The highest BCUT2D eigenvalue weighted by Crippen LogP contribution is 2.24. The van der Waals surface area contributed by atoms with Crippen LogP contribution in [0.4, 0.5) is 5.82 Å². The van der Waals surface area contributed by atoms with Gasteiger partial charge in [-0.3, -0.25) is 0 Å². The van der Waals surface area contributed by atoms with Crippen LogP contribution in [0.1, 0.15) is 24.4 Å². The van der Waals surface area contributed by atoms with E-state index < -0.39 is 0 Å². The van der Waals surface area contributed by atoms with Crippen LogP contribution in [0.15, 0.2) is 30.5 Å². The molecule has 0 fully saturated rings. The zero-order valence-corrected chi connectivity index (χ0v) is 11.3. The highest BCUT2D eigenvalue weighted by Gasteiger charge is 2.18. The molecule has 1 atom stereocenters. The lowest BCUT2D eigenvalue weighted by atomic mass is 10.3. The number of imidazole rings is 1. The van der Waals surface area contributed by atoms with Crippen LogP contribution in [0.5, 0.6) is 0 Å². The summed E-state index contributed by atoms with van der Waals surface area (Å²) in [5, 5.41) is 4.34. The summed E-state index contributed by atoms with van der Waals surface area (Å²) < 4.78 is 3.91. The number of anilines is 1. The SMILES string of the molecule is Cc1cnn(C(C)c2nc3ccccc3n2C)c1N. The summed E-state index contributed by atoms with van der Waals surface area (Å²) in [6.07, 6.45) is 1.79. The van der Waals surface area contributed by atoms with Gasteiger partial charge in [0.15, 0.2) is 0 Å². The average Bonchev–Trinajstić information content (AvgIpc) is 2.92. The van der Waals surface area contributed by atoms with Crippen molar-refractivity contribution in [3.63, 3.8) is 0 Å². The van der Waals surface area contributed by atoms with Gasteiger partial charge in [0, 0.05) is 12.6 Å². The summed E-state index contributed by atoms with van der Waals surface area (Å²) in [5.74, 6) is 1.65. The van der Waals surface area contributed by atoms with Crippen LogP contribution in [-0.4, -0.2) is 19.3 Å². The number of hydrogen-bond donors (Lipinski definition) is 1. The highest BCUT2D eigenvalue weighted by molar-refractivity contribution is 5.75. The van der Waals surface area contributed by atoms with Crippen molar-refractivity contribution in [2.75, 3.05) is 5.73 Å². The minimum absolute atomic E-state index is 0.00565. The molecular weight excluding hydrogens is 238 g/mol. The van der Waals surface area contributed by atoms with Crippen LogP contribution in [-0.2, 0) is 7.05 Å². The Morgan fingerprint density at radius 2 is 2.00 bits per heavy atom. The molecule has 0 amide bonds. The minimum Gasteiger partial charge on any atom is -0.384 e. The maximum atomic E-state index is 6.05. The van der Waals surface area contributed by atoms with Crippen molar-refractivity contribution in [3.05, 3.63) is 41.9 Å². The summed E-state index contributed by atoms with van der Waals surface area (Å²) in [7, 11) is 2.02. The third-order valence-electron chi connectivity index (χ3n) is 3.59. The number of hydrogen-bond acceptors (Lipinski definition) is 3. The molecule has 2 N–H and O–H groups in total. The Kier molecular flexibility index (Phi) is 2.55. The third-order valence-corrected chi connectivity index (χ3v) is 3.59. The Morgan fingerprint density at radius 3 is 2.63 bits per heavy atom. The molecule has 98 valence electrons. The smallest absolute Gasteiger partial charge is 0.134 e. The third kappa shape index (κ3) is 1.69. The molecule has 5 heteroatoms. The molecule has 0 aliphatic heterocycles. The fourth-order valence-corrected chi connectivity index (χ4v) is 2.41. The molecule has 0 saturated carbocycles. The van der Waals surface area contributed by atoms with Crippen LogP contribution < -0.4 is 5.73 Å². The number of benzene rings is 1. The van der Waals surface area contributed by atoms with Crippen molar-refractivity contribution < 1.29 is 0 Å². The fourth-order valence-electron chi connectivity index (χ4n) is 2.41. The fraction of sp³-hybridized carbons (Fsp3) is 0.286. The van der Waals surface area contributed by atoms with Crippen molar-refractivity contribution in [2.24, 2.45) is 7.05 Å². The number of nitrogens with zero attached hydrogens (tertiary/aromatic N) is 4. The van der Waals surface area contributed by atoms with Gasteiger partial charge in [0.1, 0.15) is 17.7 Å². The number of aromatic nitrogens is 4. The summed E-state index contributed by atoms with van der Waals surface area (Å²) in [5.41, 5.74) is 9.15. The normalized spacial score (nSPS) is 13.0. The number of aryl methyl sites for hydroxylation is 2. The van der Waals surface area contributed by atoms with E-state index >= 15 is 0 Å². The molecular formula is C14H17N5. The first kappa shape index (κ1) is 11.8. The van der Waals surface area contributed by atoms with Gasteiger partial charge in [0.2, 0.25) is 0 Å². The summed E-state index contributed by atoms with van der Waals surface area (Å²) >= 11 is 0. The van der Waals surface area contributed by atoms with Crippen LogP contribution in [0, 0.1) is 6.92 Å². The first-order chi connectivity index (χ1) is 9.09. The van der Waals surface area contributed by atoms with E-state index in [9.17, 15) is 0 Å². The Labute approximate surface area is 111 Å². The van der Waals surface area contributed by atoms with E-state index in [1.807, 2.05) is 36.9 Å². The molecule has 5 nitrogen and oxygen atoms in total. The number of rotatable bonds is 2. The van der Waals surface area contributed by atoms with E-state index in [4.69, 9.17) is 5.73 Å². The molecule has 0 saturated heterocycles. The zero-order valence-electron chi connectivity index (χ0n) is 11.3. The Morgan fingerprint density at radius 1 is 1.26 bits per heavy atom. The van der Waals surface area contributed by atoms with Crippen molar-refractivity contribution in [1.29, 1.82) is 0 Å². The lowest BCUT2D eigenvalue weighted by Gasteiger charge is -2.14. The minimum atomic E-state index is 0.00565. The molecule has 0 aliphatic rings. The highest BCUT2D eigenvalue weighted by atomic mass is 15.3. The van der Waals surface area contributed by atoms with Crippen LogP contribution in [0.2, 0.25) is 0 Å². The lowest BCUT2D eigenvalue weighted by molar-refractivity contribution is 0.530. The van der Waals surface area contributed by atoms with Gasteiger partial charge in [-0.1, -0.05) is 12.1 Å². The zero-order chi connectivity index (χ0) is 13.6. The predicted molar refractivity (Wildman–Crippen MR) is 75.9 cm³/mol. The van der Waals surface area contributed by atoms with E-state index in [-0.39, 0.29) is 6.04 Å². The molecule has 0 bridgehead atoms. The maximum Gasteiger partial charge on any atom is 0.134 e. The first-order valence-corrected chi connectivity index (χ1v) is 6.30. The maximum absolute atomic E-state index is 6.05. The molecule has 3 rings (SSSR count). The monoisotopic (exact) mass is 255 g/mol. The van der Waals surface area contributed by atoms with E-state index in [1.165, 1.54) is 0 Å². The summed E-state index contributed by atoms with van der Waals surface area (Å²) in [6.45, 7) is 4.02. The number of fused-ring (bicyclic) bond motifs is 1. The van der Waals surface area contributed by atoms with E-state index in [0.717, 1.165) is 22.4 Å². The van der Waals surface area contributed by atoms with Crippen molar-refractivity contribution >= 4 is 16.9 Å². The van der Waals surface area contributed by atoms with Crippen molar-refractivity contribution in [3.8, 4) is 0 Å². The van der Waals surface area contributed by atoms with Gasteiger partial charge in [-0.15, -0.1) is 0 Å². The van der Waals surface area contributed by atoms with Gasteiger partial charge in [-0.2, -0.15) is 5.10 Å².